The van der Waals surface area contributed by atoms with Crippen molar-refractivity contribution in [3.8, 4) is 0 Å². The van der Waals surface area contributed by atoms with Crippen molar-refractivity contribution in [1.82, 2.24) is 19.8 Å². The van der Waals surface area contributed by atoms with Gasteiger partial charge < -0.3 is 10.1 Å². The first-order chi connectivity index (χ1) is 10.1. The molecule has 8 heteroatoms. The monoisotopic (exact) mass is 314 g/mol. The predicted molar refractivity (Wildman–Crippen MR) is 77.4 cm³/mol. The summed E-state index contributed by atoms with van der Waals surface area (Å²) in [7, 11) is -3.51. The summed E-state index contributed by atoms with van der Waals surface area (Å²) in [5, 5.41) is 10.3. The average molecular weight is 314 g/mol. The number of H-pyrrole nitrogens is 1. The first-order valence-corrected chi connectivity index (χ1v) is 8.88. The maximum Gasteiger partial charge on any atom is 0.246 e. The summed E-state index contributed by atoms with van der Waals surface area (Å²) in [5.41, 5.74) is 1.19. The Morgan fingerprint density at radius 1 is 1.38 bits per heavy atom. The molecule has 1 saturated carbocycles. The number of rotatable bonds is 5. The quantitative estimate of drug-likeness (QED) is 0.820. The van der Waals surface area contributed by atoms with E-state index in [-0.39, 0.29) is 0 Å². The van der Waals surface area contributed by atoms with E-state index in [0.29, 0.717) is 55.2 Å². The van der Waals surface area contributed by atoms with Crippen LogP contribution in [0.3, 0.4) is 0 Å². The van der Waals surface area contributed by atoms with Gasteiger partial charge in [-0.05, 0) is 26.2 Å². The zero-order valence-corrected chi connectivity index (χ0v) is 13.1. The highest BCUT2D eigenvalue weighted by atomic mass is 32.2. The van der Waals surface area contributed by atoms with Gasteiger partial charge in [-0.1, -0.05) is 0 Å². The van der Waals surface area contributed by atoms with Crippen LogP contribution in [0.25, 0.3) is 0 Å². The number of sulfonamides is 1. The van der Waals surface area contributed by atoms with Crippen LogP contribution in [0.5, 0.6) is 0 Å². The molecule has 2 heterocycles. The minimum absolute atomic E-state index is 0.331. The van der Waals surface area contributed by atoms with Crippen molar-refractivity contribution >= 4 is 10.0 Å². The summed E-state index contributed by atoms with van der Waals surface area (Å²) in [6.07, 6.45) is 3.05. The minimum atomic E-state index is -3.51. The van der Waals surface area contributed by atoms with Crippen molar-refractivity contribution in [2.24, 2.45) is 0 Å². The smallest absolute Gasteiger partial charge is 0.246 e. The molecule has 1 saturated heterocycles. The highest BCUT2D eigenvalue weighted by Gasteiger charge is 2.32. The lowest BCUT2D eigenvalue weighted by molar-refractivity contribution is 0.148. The molecule has 21 heavy (non-hydrogen) atoms. The van der Waals surface area contributed by atoms with E-state index in [2.05, 4.69) is 15.5 Å². The minimum Gasteiger partial charge on any atom is -0.380 e. The molecule has 0 amide bonds. The molecule has 0 radical (unpaired) electrons. The Bertz CT molecular complexity index is 587. The number of ether oxygens (including phenoxy) is 1. The fraction of sp³-hybridized carbons (Fsp3) is 0.769. The molecule has 0 aromatic carbocycles. The Balaban J connectivity index is 1.84. The fourth-order valence-corrected chi connectivity index (χ4v) is 4.34. The third-order valence-electron chi connectivity index (χ3n) is 3.88. The van der Waals surface area contributed by atoms with Gasteiger partial charge in [0, 0.05) is 32.3 Å². The van der Waals surface area contributed by atoms with Crippen molar-refractivity contribution in [2.45, 2.75) is 43.7 Å². The maximum absolute atomic E-state index is 12.9. The van der Waals surface area contributed by atoms with Crippen LogP contribution in [0.2, 0.25) is 0 Å². The molecule has 0 spiro atoms. The van der Waals surface area contributed by atoms with Crippen LogP contribution in [0.4, 0.5) is 0 Å². The van der Waals surface area contributed by atoms with Gasteiger partial charge in [0.05, 0.1) is 18.0 Å². The number of aromatic amines is 1. The standard InChI is InChI=1S/C13H22N4O3S/c1-10-13(12(16-15-10)9-14-11-3-4-11)21(18,19)17-5-2-7-20-8-6-17/h11,14H,2-9H2,1H3,(H,15,16). The number of aryl methyl sites for hydroxylation is 1. The summed E-state index contributed by atoms with van der Waals surface area (Å²) in [4.78, 5) is 0.331. The molecule has 1 aromatic rings. The van der Waals surface area contributed by atoms with Crippen molar-refractivity contribution in [2.75, 3.05) is 26.3 Å². The van der Waals surface area contributed by atoms with Gasteiger partial charge in [-0.2, -0.15) is 9.40 Å². The van der Waals surface area contributed by atoms with Crippen LogP contribution in [0, 0.1) is 6.92 Å². The molecule has 7 nitrogen and oxygen atoms in total. The van der Waals surface area contributed by atoms with Crippen LogP contribution < -0.4 is 5.32 Å². The van der Waals surface area contributed by atoms with Gasteiger partial charge in [0.25, 0.3) is 0 Å². The molecule has 0 bridgehead atoms. The van der Waals surface area contributed by atoms with Gasteiger partial charge in [-0.3, -0.25) is 5.10 Å². The molecule has 0 atom stereocenters. The van der Waals surface area contributed by atoms with Crippen molar-refractivity contribution in [3.05, 3.63) is 11.4 Å². The van der Waals surface area contributed by atoms with E-state index in [0.717, 1.165) is 19.3 Å². The lowest BCUT2D eigenvalue weighted by Crippen LogP contribution is -2.34. The molecule has 2 fully saturated rings. The molecule has 2 aliphatic rings. The Labute approximate surface area is 125 Å². The molecular formula is C13H22N4O3S. The van der Waals surface area contributed by atoms with Crippen LogP contribution in [-0.2, 0) is 21.3 Å². The number of nitrogens with one attached hydrogen (secondary N) is 2. The zero-order valence-electron chi connectivity index (χ0n) is 12.3. The third-order valence-corrected chi connectivity index (χ3v) is 5.98. The fourth-order valence-electron chi connectivity index (χ4n) is 2.55. The normalized spacial score (nSPS) is 21.4. The largest absolute Gasteiger partial charge is 0.380 e. The summed E-state index contributed by atoms with van der Waals surface area (Å²) >= 11 is 0. The van der Waals surface area contributed by atoms with E-state index in [4.69, 9.17) is 4.74 Å². The van der Waals surface area contributed by atoms with E-state index in [9.17, 15) is 8.42 Å². The summed E-state index contributed by atoms with van der Waals surface area (Å²) in [6.45, 7) is 4.23. The van der Waals surface area contributed by atoms with Gasteiger partial charge in [0.15, 0.2) is 0 Å². The van der Waals surface area contributed by atoms with Crippen LogP contribution in [-0.4, -0.2) is 55.3 Å². The van der Waals surface area contributed by atoms with Crippen molar-refractivity contribution in [3.63, 3.8) is 0 Å². The van der Waals surface area contributed by atoms with Gasteiger partial charge in [-0.15, -0.1) is 0 Å². The summed E-state index contributed by atoms with van der Waals surface area (Å²) in [5.74, 6) is 0. The molecule has 2 N–H and O–H groups in total. The molecule has 0 unspecified atom stereocenters. The van der Waals surface area contributed by atoms with Crippen molar-refractivity contribution < 1.29 is 13.2 Å². The van der Waals surface area contributed by atoms with E-state index in [1.807, 2.05) is 0 Å². The second-order valence-electron chi connectivity index (χ2n) is 5.65. The van der Waals surface area contributed by atoms with Gasteiger partial charge in [0.1, 0.15) is 4.90 Å². The van der Waals surface area contributed by atoms with Gasteiger partial charge >= 0.3 is 0 Å². The highest BCUT2D eigenvalue weighted by Crippen LogP contribution is 2.25. The lowest BCUT2D eigenvalue weighted by atomic mass is 10.3. The number of aromatic nitrogens is 2. The number of hydrogen-bond donors (Lipinski definition) is 2. The molecular weight excluding hydrogens is 292 g/mol. The molecule has 1 aliphatic heterocycles. The first-order valence-electron chi connectivity index (χ1n) is 7.44. The van der Waals surface area contributed by atoms with Crippen LogP contribution >= 0.6 is 0 Å². The van der Waals surface area contributed by atoms with E-state index < -0.39 is 10.0 Å². The maximum atomic E-state index is 12.9. The second kappa shape index (κ2) is 6.04. The molecule has 1 aromatic heterocycles. The molecule has 3 rings (SSSR count). The average Bonchev–Trinajstić information content (AvgIpc) is 3.23. The molecule has 118 valence electrons. The SMILES string of the molecule is Cc1[nH]nc(CNC2CC2)c1S(=O)(=O)N1CCCOCC1. The Morgan fingerprint density at radius 3 is 2.95 bits per heavy atom. The number of hydrogen-bond acceptors (Lipinski definition) is 5. The van der Waals surface area contributed by atoms with E-state index in [1.54, 1.807) is 6.92 Å². The highest BCUT2D eigenvalue weighted by molar-refractivity contribution is 7.89. The zero-order chi connectivity index (χ0) is 14.9. The van der Waals surface area contributed by atoms with Gasteiger partial charge in [-0.25, -0.2) is 8.42 Å². The Morgan fingerprint density at radius 2 is 2.19 bits per heavy atom. The van der Waals surface area contributed by atoms with E-state index >= 15 is 0 Å². The first kappa shape index (κ1) is 15.0. The molecule has 1 aliphatic carbocycles. The van der Waals surface area contributed by atoms with Gasteiger partial charge in [0.2, 0.25) is 10.0 Å². The van der Waals surface area contributed by atoms with Crippen LogP contribution in [0.1, 0.15) is 30.7 Å². The summed E-state index contributed by atoms with van der Waals surface area (Å²) < 4.78 is 32.6. The van der Waals surface area contributed by atoms with Crippen molar-refractivity contribution in [1.29, 1.82) is 0 Å². The topological polar surface area (TPSA) is 87.3 Å². The lowest BCUT2D eigenvalue weighted by Gasteiger charge is -2.19. The third kappa shape index (κ3) is 3.28. The van der Waals surface area contributed by atoms with Crippen LogP contribution in [0.15, 0.2) is 4.90 Å². The predicted octanol–water partition coefficient (Wildman–Crippen LogP) is 0.381. The number of nitrogens with zero attached hydrogens (tertiary/aromatic N) is 2. The summed E-state index contributed by atoms with van der Waals surface area (Å²) in [6, 6.07) is 0.518. The second-order valence-corrected chi connectivity index (χ2v) is 7.52. The Hall–Kier alpha value is -0.960. The Kier molecular flexibility index (Phi) is 4.30. The van der Waals surface area contributed by atoms with E-state index in [1.165, 1.54) is 4.31 Å².